The van der Waals surface area contributed by atoms with Crippen LogP contribution in [0.3, 0.4) is 0 Å². The highest BCUT2D eigenvalue weighted by Crippen LogP contribution is 2.19. The van der Waals surface area contributed by atoms with Crippen molar-refractivity contribution in [3.63, 3.8) is 0 Å². The van der Waals surface area contributed by atoms with E-state index < -0.39 is 12.1 Å². The van der Waals surface area contributed by atoms with E-state index in [2.05, 4.69) is 5.32 Å². The molecule has 1 fully saturated rings. The summed E-state index contributed by atoms with van der Waals surface area (Å²) in [5.74, 6) is 0.0409. The van der Waals surface area contributed by atoms with Gasteiger partial charge >= 0.3 is 5.97 Å². The maximum absolute atomic E-state index is 12.1. The van der Waals surface area contributed by atoms with E-state index in [0.29, 0.717) is 12.2 Å². The van der Waals surface area contributed by atoms with Gasteiger partial charge in [-0.2, -0.15) is 0 Å². The Morgan fingerprint density at radius 1 is 1.08 bits per heavy atom. The van der Waals surface area contributed by atoms with Gasteiger partial charge in [-0.3, -0.25) is 4.79 Å². The average molecular weight is 339 g/mol. The molecule has 0 radical (unpaired) electrons. The SMILES string of the molecule is C[C@H](OC(=O)c1ccc(COc2ccccc2)cc1)C(=O)NC1CC1. The number of rotatable bonds is 7. The van der Waals surface area contributed by atoms with E-state index in [-0.39, 0.29) is 11.9 Å². The van der Waals surface area contributed by atoms with Crippen LogP contribution in [-0.4, -0.2) is 24.0 Å². The summed E-state index contributed by atoms with van der Waals surface area (Å²) in [6.07, 6.45) is 1.20. The van der Waals surface area contributed by atoms with Crippen LogP contribution in [-0.2, 0) is 16.1 Å². The molecule has 0 aromatic heterocycles. The average Bonchev–Trinajstić information content (AvgIpc) is 3.45. The van der Waals surface area contributed by atoms with Gasteiger partial charge in [0.25, 0.3) is 5.91 Å². The zero-order chi connectivity index (χ0) is 17.6. The topological polar surface area (TPSA) is 64.6 Å². The molecule has 1 N–H and O–H groups in total. The lowest BCUT2D eigenvalue weighted by molar-refractivity contribution is -0.129. The van der Waals surface area contributed by atoms with Gasteiger partial charge in [-0.15, -0.1) is 0 Å². The number of para-hydroxylation sites is 1. The van der Waals surface area contributed by atoms with Crippen molar-refractivity contribution in [1.29, 1.82) is 0 Å². The normalized spacial score (nSPS) is 14.4. The summed E-state index contributed by atoms with van der Waals surface area (Å²) >= 11 is 0. The lowest BCUT2D eigenvalue weighted by Crippen LogP contribution is -2.37. The van der Waals surface area contributed by atoms with E-state index in [0.717, 1.165) is 24.2 Å². The van der Waals surface area contributed by atoms with Crippen LogP contribution in [0.15, 0.2) is 54.6 Å². The Morgan fingerprint density at radius 3 is 2.40 bits per heavy atom. The van der Waals surface area contributed by atoms with Crippen molar-refractivity contribution in [2.24, 2.45) is 0 Å². The zero-order valence-corrected chi connectivity index (χ0v) is 14.1. The van der Waals surface area contributed by atoms with Crippen LogP contribution < -0.4 is 10.1 Å². The van der Waals surface area contributed by atoms with Gasteiger partial charge in [-0.25, -0.2) is 4.79 Å². The lowest BCUT2D eigenvalue weighted by Gasteiger charge is -2.13. The van der Waals surface area contributed by atoms with Crippen molar-refractivity contribution >= 4 is 11.9 Å². The summed E-state index contributed by atoms with van der Waals surface area (Å²) in [6.45, 7) is 2.00. The Labute approximate surface area is 147 Å². The largest absolute Gasteiger partial charge is 0.489 e. The molecule has 0 heterocycles. The Kier molecular flexibility index (Phi) is 5.33. The first kappa shape index (κ1) is 17.0. The van der Waals surface area contributed by atoms with Crippen LogP contribution in [0, 0.1) is 0 Å². The minimum Gasteiger partial charge on any atom is -0.489 e. The number of ether oxygens (including phenoxy) is 2. The first-order chi connectivity index (χ1) is 12.1. The number of amides is 1. The van der Waals surface area contributed by atoms with Gasteiger partial charge in [0.05, 0.1) is 5.56 Å². The molecule has 25 heavy (non-hydrogen) atoms. The lowest BCUT2D eigenvalue weighted by atomic mass is 10.1. The van der Waals surface area contributed by atoms with Gasteiger partial charge < -0.3 is 14.8 Å². The fourth-order valence-electron chi connectivity index (χ4n) is 2.25. The first-order valence-electron chi connectivity index (χ1n) is 8.40. The number of hydrogen-bond acceptors (Lipinski definition) is 4. The number of carbonyl (C=O) groups excluding carboxylic acids is 2. The van der Waals surface area contributed by atoms with E-state index in [9.17, 15) is 9.59 Å². The van der Waals surface area contributed by atoms with Crippen molar-refractivity contribution in [3.05, 3.63) is 65.7 Å². The zero-order valence-electron chi connectivity index (χ0n) is 14.1. The Hall–Kier alpha value is -2.82. The molecule has 0 bridgehead atoms. The molecular weight excluding hydrogens is 318 g/mol. The third-order valence-electron chi connectivity index (χ3n) is 3.92. The van der Waals surface area contributed by atoms with Gasteiger partial charge in [0.2, 0.25) is 0 Å². The molecule has 2 aromatic rings. The third kappa shape index (κ3) is 5.08. The summed E-state index contributed by atoms with van der Waals surface area (Å²) < 4.78 is 10.9. The number of benzene rings is 2. The Balaban J connectivity index is 1.50. The van der Waals surface area contributed by atoms with Crippen LogP contribution >= 0.6 is 0 Å². The maximum Gasteiger partial charge on any atom is 0.338 e. The maximum atomic E-state index is 12.1. The van der Waals surface area contributed by atoms with Crippen molar-refractivity contribution in [2.75, 3.05) is 0 Å². The molecule has 5 nitrogen and oxygen atoms in total. The molecule has 0 aliphatic heterocycles. The number of esters is 1. The number of hydrogen-bond donors (Lipinski definition) is 1. The highest BCUT2D eigenvalue weighted by atomic mass is 16.5. The first-order valence-corrected chi connectivity index (χ1v) is 8.40. The van der Waals surface area contributed by atoms with Crippen LogP contribution in [0.1, 0.15) is 35.7 Å². The summed E-state index contributed by atoms with van der Waals surface area (Å²) in [5.41, 5.74) is 1.36. The molecule has 1 atom stereocenters. The monoisotopic (exact) mass is 339 g/mol. The molecule has 1 aliphatic rings. The van der Waals surface area contributed by atoms with Crippen molar-refractivity contribution in [2.45, 2.75) is 38.5 Å². The van der Waals surface area contributed by atoms with E-state index >= 15 is 0 Å². The Morgan fingerprint density at radius 2 is 1.76 bits per heavy atom. The van der Waals surface area contributed by atoms with Crippen molar-refractivity contribution < 1.29 is 19.1 Å². The Bertz CT molecular complexity index is 723. The molecule has 3 rings (SSSR count). The highest BCUT2D eigenvalue weighted by Gasteiger charge is 2.27. The fraction of sp³-hybridized carbons (Fsp3) is 0.300. The van der Waals surface area contributed by atoms with E-state index in [1.807, 2.05) is 42.5 Å². The molecule has 1 amide bonds. The van der Waals surface area contributed by atoms with Crippen LogP contribution in [0.5, 0.6) is 5.75 Å². The second-order valence-corrected chi connectivity index (χ2v) is 6.13. The van der Waals surface area contributed by atoms with Crippen LogP contribution in [0.25, 0.3) is 0 Å². The smallest absolute Gasteiger partial charge is 0.338 e. The highest BCUT2D eigenvalue weighted by molar-refractivity contribution is 5.92. The number of nitrogens with one attached hydrogen (secondary N) is 1. The van der Waals surface area contributed by atoms with Crippen molar-refractivity contribution in [3.8, 4) is 5.75 Å². The predicted octanol–water partition coefficient (Wildman–Crippen LogP) is 3.09. The van der Waals surface area contributed by atoms with Gasteiger partial charge in [-0.1, -0.05) is 30.3 Å². The van der Waals surface area contributed by atoms with Gasteiger partial charge in [0, 0.05) is 6.04 Å². The fourth-order valence-corrected chi connectivity index (χ4v) is 2.25. The summed E-state index contributed by atoms with van der Waals surface area (Å²) in [6, 6.07) is 16.8. The van der Waals surface area contributed by atoms with Crippen molar-refractivity contribution in [1.82, 2.24) is 5.32 Å². The molecule has 5 heteroatoms. The second kappa shape index (κ2) is 7.83. The summed E-state index contributed by atoms with van der Waals surface area (Å²) in [4.78, 5) is 23.9. The second-order valence-electron chi connectivity index (χ2n) is 6.13. The molecule has 1 saturated carbocycles. The van der Waals surface area contributed by atoms with Gasteiger partial charge in [0.1, 0.15) is 12.4 Å². The summed E-state index contributed by atoms with van der Waals surface area (Å²) in [7, 11) is 0. The van der Waals surface area contributed by atoms with E-state index in [1.54, 1.807) is 19.1 Å². The van der Waals surface area contributed by atoms with Gasteiger partial charge in [0.15, 0.2) is 6.10 Å². The summed E-state index contributed by atoms with van der Waals surface area (Å²) in [5, 5.41) is 2.82. The standard InChI is InChI=1S/C20H21NO4/c1-14(19(22)21-17-11-12-17)25-20(23)16-9-7-15(8-10-16)13-24-18-5-3-2-4-6-18/h2-10,14,17H,11-13H2,1H3,(H,21,22)/t14-/m0/s1. The number of carbonyl (C=O) groups is 2. The third-order valence-corrected chi connectivity index (χ3v) is 3.92. The molecule has 0 unspecified atom stereocenters. The predicted molar refractivity (Wildman–Crippen MR) is 93.3 cm³/mol. The molecule has 130 valence electrons. The molecular formula is C20H21NO4. The molecule has 2 aromatic carbocycles. The van der Waals surface area contributed by atoms with E-state index in [1.165, 1.54) is 0 Å². The minimum atomic E-state index is -0.797. The van der Waals surface area contributed by atoms with Gasteiger partial charge in [-0.05, 0) is 49.6 Å². The quantitative estimate of drug-likeness (QED) is 0.787. The minimum absolute atomic E-state index is 0.247. The molecule has 1 aliphatic carbocycles. The molecule has 0 spiro atoms. The van der Waals surface area contributed by atoms with Crippen LogP contribution in [0.2, 0.25) is 0 Å². The van der Waals surface area contributed by atoms with Crippen LogP contribution in [0.4, 0.5) is 0 Å². The molecule has 0 saturated heterocycles. The van der Waals surface area contributed by atoms with E-state index in [4.69, 9.17) is 9.47 Å².